The zero-order chi connectivity index (χ0) is 20.8. The zero-order valence-corrected chi connectivity index (χ0v) is 17.1. The van der Waals surface area contributed by atoms with Gasteiger partial charge >= 0.3 is 0 Å². The molecule has 3 rings (SSSR count). The van der Waals surface area contributed by atoms with E-state index in [2.05, 4.69) is 10.3 Å². The minimum atomic E-state index is -0.410. The Labute approximate surface area is 174 Å². The molecule has 6 nitrogen and oxygen atoms in total. The number of nitrogens with zero attached hydrogens (tertiary/aromatic N) is 1. The van der Waals surface area contributed by atoms with Crippen molar-refractivity contribution in [2.75, 3.05) is 21.3 Å². The summed E-state index contributed by atoms with van der Waals surface area (Å²) < 4.78 is 16.0. The fourth-order valence-corrected chi connectivity index (χ4v) is 3.11. The van der Waals surface area contributed by atoms with E-state index in [1.54, 1.807) is 36.7 Å². The topological polar surface area (TPSA) is 69.7 Å². The molecule has 0 aliphatic heterocycles. The maximum Gasteiger partial charge on any atom is 0.252 e. The summed E-state index contributed by atoms with van der Waals surface area (Å²) in [7, 11) is 4.52. The van der Waals surface area contributed by atoms with Gasteiger partial charge in [0.05, 0.1) is 27.4 Å². The number of pyridine rings is 1. The van der Waals surface area contributed by atoms with Crippen LogP contribution in [0.4, 0.5) is 0 Å². The number of carbonyl (C=O) groups excluding carboxylic acids is 1. The molecule has 1 atom stereocenters. The van der Waals surface area contributed by atoms with Crippen LogP contribution in [0.5, 0.6) is 17.2 Å². The van der Waals surface area contributed by atoms with Gasteiger partial charge in [0.1, 0.15) is 0 Å². The summed E-state index contributed by atoms with van der Waals surface area (Å²) in [5.41, 5.74) is 2.10. The molecule has 2 aromatic carbocycles. The summed E-state index contributed by atoms with van der Waals surface area (Å²) >= 11 is 6.02. The Balaban J connectivity index is 1.98. The number of ether oxygens (including phenoxy) is 3. The van der Waals surface area contributed by atoms with Crippen LogP contribution in [0.1, 0.15) is 27.5 Å². The molecule has 0 bridgehead atoms. The van der Waals surface area contributed by atoms with Crippen molar-refractivity contribution < 1.29 is 19.0 Å². The van der Waals surface area contributed by atoms with Crippen LogP contribution >= 0.6 is 11.6 Å². The quantitative estimate of drug-likeness (QED) is 0.627. The van der Waals surface area contributed by atoms with Crippen molar-refractivity contribution in [1.82, 2.24) is 10.3 Å². The Morgan fingerprint density at radius 1 is 0.966 bits per heavy atom. The minimum absolute atomic E-state index is 0.298. The highest BCUT2D eigenvalue weighted by molar-refractivity contribution is 6.30. The molecule has 1 aromatic heterocycles. The first-order valence-electron chi connectivity index (χ1n) is 8.83. The van der Waals surface area contributed by atoms with Crippen LogP contribution < -0.4 is 19.5 Å². The molecule has 0 radical (unpaired) electrons. The second kappa shape index (κ2) is 9.30. The highest BCUT2D eigenvalue weighted by Gasteiger charge is 2.21. The summed E-state index contributed by atoms with van der Waals surface area (Å²) in [5, 5.41) is 3.67. The van der Waals surface area contributed by atoms with Crippen molar-refractivity contribution in [2.45, 2.75) is 6.04 Å². The fraction of sp³-hybridized carbons (Fsp3) is 0.182. The summed E-state index contributed by atoms with van der Waals surface area (Å²) in [6, 6.07) is 13.8. The molecule has 3 aromatic rings. The first-order valence-corrected chi connectivity index (χ1v) is 9.21. The van der Waals surface area contributed by atoms with Gasteiger partial charge in [-0.15, -0.1) is 0 Å². The highest BCUT2D eigenvalue weighted by atomic mass is 35.5. The van der Waals surface area contributed by atoms with Gasteiger partial charge in [0, 0.05) is 23.0 Å². The predicted molar refractivity (Wildman–Crippen MR) is 111 cm³/mol. The number of carbonyl (C=O) groups is 1. The van der Waals surface area contributed by atoms with Crippen molar-refractivity contribution in [2.24, 2.45) is 0 Å². The van der Waals surface area contributed by atoms with Crippen LogP contribution in [-0.2, 0) is 0 Å². The Kier molecular flexibility index (Phi) is 6.57. The van der Waals surface area contributed by atoms with E-state index >= 15 is 0 Å². The van der Waals surface area contributed by atoms with Gasteiger partial charge in [-0.25, -0.2) is 0 Å². The van der Waals surface area contributed by atoms with Gasteiger partial charge in [-0.2, -0.15) is 0 Å². The van der Waals surface area contributed by atoms with Gasteiger partial charge in [0.25, 0.3) is 5.91 Å². The number of methoxy groups -OCH3 is 3. The molecule has 150 valence electrons. The average Bonchev–Trinajstić information content (AvgIpc) is 2.77. The maximum atomic E-state index is 13.1. The third kappa shape index (κ3) is 4.60. The van der Waals surface area contributed by atoms with Gasteiger partial charge < -0.3 is 19.5 Å². The van der Waals surface area contributed by atoms with E-state index in [1.807, 2.05) is 24.3 Å². The third-order valence-corrected chi connectivity index (χ3v) is 4.68. The third-order valence-electron chi connectivity index (χ3n) is 4.42. The number of halogens is 1. The summed E-state index contributed by atoms with van der Waals surface area (Å²) in [4.78, 5) is 17.3. The number of benzene rings is 2. The van der Waals surface area contributed by atoms with E-state index in [9.17, 15) is 4.79 Å². The second-order valence-electron chi connectivity index (χ2n) is 6.16. The fourth-order valence-electron chi connectivity index (χ4n) is 2.99. The Bertz CT molecular complexity index is 953. The van der Waals surface area contributed by atoms with Crippen LogP contribution in [0.2, 0.25) is 5.02 Å². The molecule has 0 unspecified atom stereocenters. The molecule has 0 saturated carbocycles. The molecule has 1 heterocycles. The van der Waals surface area contributed by atoms with Crippen LogP contribution in [0.3, 0.4) is 0 Å². The molecular formula is C22H21ClN2O4. The highest BCUT2D eigenvalue weighted by Crippen LogP contribution is 2.38. The first kappa shape index (κ1) is 20.5. The van der Waals surface area contributed by atoms with E-state index in [1.165, 1.54) is 21.3 Å². The van der Waals surface area contributed by atoms with Crippen LogP contribution in [0, 0.1) is 0 Å². The minimum Gasteiger partial charge on any atom is -0.493 e. The van der Waals surface area contributed by atoms with E-state index in [0.717, 1.165) is 11.1 Å². The van der Waals surface area contributed by atoms with Gasteiger partial charge in [-0.05, 0) is 41.5 Å². The van der Waals surface area contributed by atoms with Crippen molar-refractivity contribution in [3.05, 3.63) is 82.6 Å². The molecule has 1 N–H and O–H groups in total. The monoisotopic (exact) mass is 412 g/mol. The maximum absolute atomic E-state index is 13.1. The second-order valence-corrected chi connectivity index (χ2v) is 6.59. The lowest BCUT2D eigenvalue weighted by molar-refractivity contribution is 0.0942. The summed E-state index contributed by atoms with van der Waals surface area (Å²) in [5.74, 6) is 0.934. The Morgan fingerprint density at radius 3 is 2.14 bits per heavy atom. The first-order chi connectivity index (χ1) is 14.1. The Hall–Kier alpha value is -3.25. The van der Waals surface area contributed by atoms with Crippen molar-refractivity contribution in [1.29, 1.82) is 0 Å². The number of rotatable bonds is 7. The number of amides is 1. The molecule has 0 aliphatic rings. The number of aromatic nitrogens is 1. The van der Waals surface area contributed by atoms with Crippen molar-refractivity contribution in [3.8, 4) is 17.2 Å². The summed E-state index contributed by atoms with van der Waals surface area (Å²) in [6.45, 7) is 0. The van der Waals surface area contributed by atoms with Crippen molar-refractivity contribution in [3.63, 3.8) is 0 Å². The molecule has 0 saturated heterocycles. The lowest BCUT2D eigenvalue weighted by Crippen LogP contribution is -2.29. The smallest absolute Gasteiger partial charge is 0.252 e. The van der Waals surface area contributed by atoms with E-state index in [0.29, 0.717) is 27.8 Å². The van der Waals surface area contributed by atoms with Gasteiger partial charge in [0.2, 0.25) is 5.75 Å². The molecule has 0 aliphatic carbocycles. The molecule has 0 fully saturated rings. The molecular weight excluding hydrogens is 392 g/mol. The van der Waals surface area contributed by atoms with Crippen molar-refractivity contribution >= 4 is 17.5 Å². The largest absolute Gasteiger partial charge is 0.493 e. The number of nitrogens with one attached hydrogen (secondary N) is 1. The number of hydrogen-bond acceptors (Lipinski definition) is 5. The summed E-state index contributed by atoms with van der Waals surface area (Å²) in [6.07, 6.45) is 3.40. The molecule has 7 heteroatoms. The number of hydrogen-bond donors (Lipinski definition) is 1. The predicted octanol–water partition coefficient (Wildman–Crippen LogP) is 4.28. The molecule has 29 heavy (non-hydrogen) atoms. The van der Waals surface area contributed by atoms with E-state index in [-0.39, 0.29) is 5.91 Å². The van der Waals surface area contributed by atoms with Gasteiger partial charge in [-0.1, -0.05) is 29.8 Å². The SMILES string of the molecule is COc1cc(C(=O)N[C@H](c2ccc(Cl)cc2)c2cccnc2)cc(OC)c1OC. The molecule has 0 spiro atoms. The van der Waals surface area contributed by atoms with Gasteiger partial charge in [0.15, 0.2) is 11.5 Å². The van der Waals surface area contributed by atoms with Gasteiger partial charge in [-0.3, -0.25) is 9.78 Å². The van der Waals surface area contributed by atoms with E-state index < -0.39 is 6.04 Å². The lowest BCUT2D eigenvalue weighted by atomic mass is 9.99. The van der Waals surface area contributed by atoms with Crippen LogP contribution in [-0.4, -0.2) is 32.2 Å². The normalized spacial score (nSPS) is 11.4. The standard InChI is InChI=1S/C22H21ClN2O4/c1-27-18-11-16(12-19(28-2)21(18)29-3)22(26)25-20(15-5-4-10-24-13-15)14-6-8-17(23)9-7-14/h4-13,20H,1-3H3,(H,25,26)/t20-/m1/s1. The Morgan fingerprint density at radius 2 is 1.62 bits per heavy atom. The lowest BCUT2D eigenvalue weighted by Gasteiger charge is -2.20. The molecule has 1 amide bonds. The average molecular weight is 413 g/mol. The van der Waals surface area contributed by atoms with Crippen LogP contribution in [0.25, 0.3) is 0 Å². The van der Waals surface area contributed by atoms with Crippen LogP contribution in [0.15, 0.2) is 60.9 Å². The zero-order valence-electron chi connectivity index (χ0n) is 16.3. The van der Waals surface area contributed by atoms with E-state index in [4.69, 9.17) is 25.8 Å².